The average molecular weight is 371 g/mol. The lowest BCUT2D eigenvalue weighted by Gasteiger charge is -2.49. The molecule has 3 aliphatic rings. The van der Waals surface area contributed by atoms with Crippen LogP contribution in [0.5, 0.6) is 0 Å². The SMILES string of the molecule is C=C(C)[C@H]1CC[C@]2(C)[C@@H](OCOC)CC[C@H]2[C@@H]1CCC1SCCS1. The summed E-state index contributed by atoms with van der Waals surface area (Å²) in [6.45, 7) is 9.54. The third-order valence-corrected chi connectivity index (χ3v) is 9.97. The first-order chi connectivity index (χ1) is 11.6. The molecule has 2 nitrogen and oxygen atoms in total. The molecule has 2 saturated carbocycles. The van der Waals surface area contributed by atoms with Gasteiger partial charge in [-0.05, 0) is 68.6 Å². The fourth-order valence-electron chi connectivity index (χ4n) is 5.58. The van der Waals surface area contributed by atoms with Crippen molar-refractivity contribution in [1.82, 2.24) is 0 Å². The zero-order chi connectivity index (χ0) is 17.2. The zero-order valence-corrected chi connectivity index (χ0v) is 17.2. The third-order valence-electron chi connectivity index (χ3n) is 6.80. The summed E-state index contributed by atoms with van der Waals surface area (Å²) in [6.07, 6.45) is 8.24. The van der Waals surface area contributed by atoms with E-state index in [0.29, 0.717) is 18.3 Å². The van der Waals surface area contributed by atoms with Crippen LogP contribution in [0, 0.1) is 23.2 Å². The van der Waals surface area contributed by atoms with Gasteiger partial charge in [0, 0.05) is 18.6 Å². The maximum Gasteiger partial charge on any atom is 0.146 e. The Hall–Kier alpha value is 0.360. The predicted octanol–water partition coefficient (Wildman–Crippen LogP) is 5.58. The van der Waals surface area contributed by atoms with E-state index in [9.17, 15) is 0 Å². The summed E-state index contributed by atoms with van der Waals surface area (Å²) in [5.74, 6) is 5.02. The summed E-state index contributed by atoms with van der Waals surface area (Å²) in [5, 5.41) is 0. The van der Waals surface area contributed by atoms with Crippen molar-refractivity contribution in [2.75, 3.05) is 25.4 Å². The van der Waals surface area contributed by atoms with Gasteiger partial charge < -0.3 is 9.47 Å². The van der Waals surface area contributed by atoms with E-state index in [-0.39, 0.29) is 0 Å². The van der Waals surface area contributed by atoms with Crippen molar-refractivity contribution in [1.29, 1.82) is 0 Å². The highest BCUT2D eigenvalue weighted by Crippen LogP contribution is 2.59. The first-order valence-corrected chi connectivity index (χ1v) is 11.6. The van der Waals surface area contributed by atoms with Crippen molar-refractivity contribution >= 4 is 23.5 Å². The quantitative estimate of drug-likeness (QED) is 0.430. The predicted molar refractivity (Wildman–Crippen MR) is 107 cm³/mol. The van der Waals surface area contributed by atoms with E-state index in [4.69, 9.17) is 9.47 Å². The molecule has 0 aromatic carbocycles. The van der Waals surface area contributed by atoms with Crippen molar-refractivity contribution < 1.29 is 9.47 Å². The van der Waals surface area contributed by atoms with Gasteiger partial charge in [0.1, 0.15) is 6.79 Å². The molecule has 1 saturated heterocycles. The summed E-state index contributed by atoms with van der Waals surface area (Å²) in [7, 11) is 1.73. The van der Waals surface area contributed by atoms with Crippen LogP contribution in [0.3, 0.4) is 0 Å². The van der Waals surface area contributed by atoms with Gasteiger partial charge in [0.25, 0.3) is 0 Å². The highest BCUT2D eigenvalue weighted by Gasteiger charge is 2.54. The van der Waals surface area contributed by atoms with Gasteiger partial charge >= 0.3 is 0 Å². The Morgan fingerprint density at radius 3 is 2.58 bits per heavy atom. The molecule has 1 heterocycles. The van der Waals surface area contributed by atoms with Crippen molar-refractivity contribution in [3.63, 3.8) is 0 Å². The third kappa shape index (κ3) is 3.87. The molecule has 0 amide bonds. The van der Waals surface area contributed by atoms with Crippen LogP contribution in [0.2, 0.25) is 0 Å². The first-order valence-electron chi connectivity index (χ1n) is 9.55. The Morgan fingerprint density at radius 1 is 1.17 bits per heavy atom. The largest absolute Gasteiger partial charge is 0.359 e. The number of methoxy groups -OCH3 is 1. The van der Waals surface area contributed by atoms with Crippen molar-refractivity contribution in [3.05, 3.63) is 12.2 Å². The standard InChI is InChI=1S/C20H34O2S2/c1-14(2)15-9-10-20(3)17(6-7-18(20)22-13-21-4)16(15)5-8-19-23-11-12-24-19/h15-19H,1,5-13H2,2-4H3/t15-,16-,17+,18+,20+/m1/s1. The molecular weight excluding hydrogens is 336 g/mol. The van der Waals surface area contributed by atoms with Gasteiger partial charge in [0.05, 0.1) is 10.7 Å². The molecule has 2 aliphatic carbocycles. The van der Waals surface area contributed by atoms with E-state index < -0.39 is 0 Å². The summed E-state index contributed by atoms with van der Waals surface area (Å²) in [4.78, 5) is 0. The van der Waals surface area contributed by atoms with E-state index in [1.807, 2.05) is 0 Å². The van der Waals surface area contributed by atoms with Gasteiger partial charge in [-0.2, -0.15) is 0 Å². The number of fused-ring (bicyclic) bond motifs is 1. The number of ether oxygens (including phenoxy) is 2. The fraction of sp³-hybridized carbons (Fsp3) is 0.900. The molecule has 1 aliphatic heterocycles. The lowest BCUT2D eigenvalue weighted by molar-refractivity contribution is -0.126. The molecular formula is C20H34O2S2. The molecule has 4 heteroatoms. The van der Waals surface area contributed by atoms with Crippen LogP contribution in [0.1, 0.15) is 52.4 Å². The Bertz CT molecular complexity index is 435. The summed E-state index contributed by atoms with van der Waals surface area (Å²) in [6, 6.07) is 0. The Kier molecular flexibility index (Phi) is 6.67. The minimum absolute atomic E-state index is 0.338. The second-order valence-electron chi connectivity index (χ2n) is 8.16. The number of hydrogen-bond donors (Lipinski definition) is 0. The normalized spacial score (nSPS) is 40.0. The topological polar surface area (TPSA) is 18.5 Å². The highest BCUT2D eigenvalue weighted by molar-refractivity contribution is 8.20. The van der Waals surface area contributed by atoms with Gasteiger partial charge in [-0.1, -0.05) is 19.1 Å². The lowest BCUT2D eigenvalue weighted by Crippen LogP contribution is -2.44. The molecule has 0 aromatic heterocycles. The molecule has 0 radical (unpaired) electrons. The van der Waals surface area contributed by atoms with Crippen molar-refractivity contribution in [3.8, 4) is 0 Å². The molecule has 3 rings (SSSR count). The number of rotatable bonds is 7. The number of thioether (sulfide) groups is 2. The van der Waals surface area contributed by atoms with E-state index in [1.165, 1.54) is 55.6 Å². The minimum Gasteiger partial charge on any atom is -0.359 e. The van der Waals surface area contributed by atoms with Crippen LogP contribution in [0.4, 0.5) is 0 Å². The smallest absolute Gasteiger partial charge is 0.146 e. The van der Waals surface area contributed by atoms with Crippen molar-refractivity contribution in [2.45, 2.75) is 63.1 Å². The van der Waals surface area contributed by atoms with Gasteiger partial charge in [-0.25, -0.2) is 0 Å². The fourth-order valence-corrected chi connectivity index (χ4v) is 8.44. The Labute approximate surface area is 156 Å². The number of allylic oxidation sites excluding steroid dienone is 1. The summed E-state index contributed by atoms with van der Waals surface area (Å²) >= 11 is 4.35. The van der Waals surface area contributed by atoms with E-state index >= 15 is 0 Å². The molecule has 0 unspecified atom stereocenters. The van der Waals surface area contributed by atoms with Crippen LogP contribution in [0.25, 0.3) is 0 Å². The van der Waals surface area contributed by atoms with Crippen molar-refractivity contribution in [2.24, 2.45) is 23.2 Å². The first kappa shape index (κ1) is 19.1. The maximum absolute atomic E-state index is 6.09. The molecule has 0 bridgehead atoms. The Balaban J connectivity index is 1.70. The number of hydrogen-bond acceptors (Lipinski definition) is 4. The minimum atomic E-state index is 0.338. The van der Waals surface area contributed by atoms with E-state index in [0.717, 1.165) is 22.3 Å². The monoisotopic (exact) mass is 370 g/mol. The van der Waals surface area contributed by atoms with Crippen LogP contribution in [-0.4, -0.2) is 36.1 Å². The maximum atomic E-state index is 6.09. The molecule has 3 fully saturated rings. The van der Waals surface area contributed by atoms with E-state index in [2.05, 4.69) is 44.0 Å². The molecule has 24 heavy (non-hydrogen) atoms. The zero-order valence-electron chi connectivity index (χ0n) is 15.6. The molecule has 0 spiro atoms. The van der Waals surface area contributed by atoms with Crippen LogP contribution in [-0.2, 0) is 9.47 Å². The van der Waals surface area contributed by atoms with Crippen LogP contribution >= 0.6 is 23.5 Å². The molecule has 0 aromatic rings. The summed E-state index contributed by atoms with van der Waals surface area (Å²) < 4.78 is 12.1. The second kappa shape index (κ2) is 8.37. The van der Waals surface area contributed by atoms with Gasteiger partial charge in [-0.3, -0.25) is 0 Å². The molecule has 0 N–H and O–H groups in total. The average Bonchev–Trinajstić information content (AvgIpc) is 3.17. The lowest BCUT2D eigenvalue weighted by atomic mass is 9.57. The molecule has 138 valence electrons. The van der Waals surface area contributed by atoms with Crippen LogP contribution < -0.4 is 0 Å². The summed E-state index contributed by atoms with van der Waals surface area (Å²) in [5.41, 5.74) is 1.75. The van der Waals surface area contributed by atoms with E-state index in [1.54, 1.807) is 7.11 Å². The second-order valence-corrected chi connectivity index (χ2v) is 11.1. The van der Waals surface area contributed by atoms with Gasteiger partial charge in [0.2, 0.25) is 0 Å². The van der Waals surface area contributed by atoms with Gasteiger partial charge in [-0.15, -0.1) is 23.5 Å². The van der Waals surface area contributed by atoms with Gasteiger partial charge in [0.15, 0.2) is 0 Å². The van der Waals surface area contributed by atoms with Crippen LogP contribution in [0.15, 0.2) is 12.2 Å². The molecule has 5 atom stereocenters. The Morgan fingerprint density at radius 2 is 1.92 bits per heavy atom. The highest BCUT2D eigenvalue weighted by atomic mass is 32.2.